The molecule has 0 unspecified atom stereocenters. The number of hydrogen-bond donors (Lipinski definition) is 3. The van der Waals surface area contributed by atoms with E-state index in [-0.39, 0.29) is 35.1 Å². The Kier molecular flexibility index (Phi) is 5.65. The van der Waals surface area contributed by atoms with E-state index >= 15 is 0 Å². The number of benzene rings is 2. The van der Waals surface area contributed by atoms with Crippen LogP contribution in [-0.4, -0.2) is 43.2 Å². The highest BCUT2D eigenvalue weighted by molar-refractivity contribution is 5.92. The van der Waals surface area contributed by atoms with E-state index in [1.807, 2.05) is 0 Å². The number of nitrogens with one attached hydrogen (secondary N) is 3. The Balaban J connectivity index is 1.35. The zero-order valence-corrected chi connectivity index (χ0v) is 17.4. The zero-order valence-electron chi connectivity index (χ0n) is 17.4. The van der Waals surface area contributed by atoms with Crippen LogP contribution < -0.4 is 10.6 Å². The van der Waals surface area contributed by atoms with Gasteiger partial charge in [0.25, 0.3) is 0 Å². The fraction of sp³-hybridized carbons (Fsp3) is 0.375. The van der Waals surface area contributed by atoms with Crippen LogP contribution in [0.25, 0.3) is 22.2 Å². The van der Waals surface area contributed by atoms with Crippen LogP contribution in [0.3, 0.4) is 0 Å². The standard InChI is InChI=1S/C24H24F3N3O2/c25-16-3-1-14(2-4-16)22-21(18-9-17(26)10-19(27)23(18)30-22)15-7-13(8-15)11-29-24(31)20-12-32-6-5-28-20/h1-4,9-10,13,15,20,28,30H,5-8,11-12H2,(H,29,31)/t13?,15?,20-/m0/s1. The Hall–Kier alpha value is -2.84. The maximum absolute atomic E-state index is 14.5. The van der Waals surface area contributed by atoms with Crippen molar-refractivity contribution in [3.63, 3.8) is 0 Å². The SMILES string of the molecule is O=C(NCC1CC(c2c(-c3ccc(F)cc3)[nH]c3c(F)cc(F)cc23)C1)[C@@H]1COCCN1. The van der Waals surface area contributed by atoms with Gasteiger partial charge in [-0.2, -0.15) is 0 Å². The molecule has 1 saturated heterocycles. The fourth-order valence-corrected chi connectivity index (χ4v) is 4.75. The first-order valence-electron chi connectivity index (χ1n) is 10.8. The van der Waals surface area contributed by atoms with Gasteiger partial charge in [-0.05, 0) is 66.1 Å². The van der Waals surface area contributed by atoms with Crippen molar-refractivity contribution in [2.24, 2.45) is 5.92 Å². The molecule has 2 aromatic carbocycles. The Bertz CT molecular complexity index is 1130. The van der Waals surface area contributed by atoms with Crippen LogP contribution in [0.2, 0.25) is 0 Å². The smallest absolute Gasteiger partial charge is 0.239 e. The number of fused-ring (bicyclic) bond motifs is 1. The molecule has 1 aliphatic carbocycles. The summed E-state index contributed by atoms with van der Waals surface area (Å²) in [6.07, 6.45) is 1.57. The first kappa shape index (κ1) is 21.0. The van der Waals surface area contributed by atoms with Gasteiger partial charge in [0, 0.05) is 24.5 Å². The summed E-state index contributed by atoms with van der Waals surface area (Å²) >= 11 is 0. The van der Waals surface area contributed by atoms with Gasteiger partial charge in [0.15, 0.2) is 0 Å². The molecule has 5 rings (SSSR count). The van der Waals surface area contributed by atoms with Crippen molar-refractivity contribution in [3.05, 3.63) is 59.4 Å². The molecule has 168 valence electrons. The largest absolute Gasteiger partial charge is 0.378 e. The second-order valence-electron chi connectivity index (χ2n) is 8.59. The summed E-state index contributed by atoms with van der Waals surface area (Å²) < 4.78 is 47.3. The number of halogens is 3. The summed E-state index contributed by atoms with van der Waals surface area (Å²) in [5.41, 5.74) is 2.49. The molecule has 2 fully saturated rings. The summed E-state index contributed by atoms with van der Waals surface area (Å²) in [4.78, 5) is 15.4. The number of amides is 1. The summed E-state index contributed by atoms with van der Waals surface area (Å²) in [7, 11) is 0. The Morgan fingerprint density at radius 1 is 1.09 bits per heavy atom. The molecule has 3 N–H and O–H groups in total. The average Bonchev–Trinajstić information content (AvgIpc) is 3.13. The molecule has 0 spiro atoms. The van der Waals surface area contributed by atoms with Gasteiger partial charge in [-0.25, -0.2) is 13.2 Å². The highest BCUT2D eigenvalue weighted by Crippen LogP contribution is 2.48. The maximum Gasteiger partial charge on any atom is 0.239 e. The van der Waals surface area contributed by atoms with E-state index in [4.69, 9.17) is 4.74 Å². The van der Waals surface area contributed by atoms with E-state index in [1.54, 1.807) is 12.1 Å². The van der Waals surface area contributed by atoms with Gasteiger partial charge < -0.3 is 20.4 Å². The lowest BCUT2D eigenvalue weighted by Gasteiger charge is -2.36. The highest BCUT2D eigenvalue weighted by atomic mass is 19.1. The number of morpholine rings is 1. The van der Waals surface area contributed by atoms with Crippen LogP contribution in [0, 0.1) is 23.4 Å². The summed E-state index contributed by atoms with van der Waals surface area (Å²) in [5, 5.41) is 6.62. The van der Waals surface area contributed by atoms with E-state index in [0.29, 0.717) is 37.4 Å². The first-order chi connectivity index (χ1) is 15.5. The van der Waals surface area contributed by atoms with Crippen molar-refractivity contribution >= 4 is 16.8 Å². The van der Waals surface area contributed by atoms with Gasteiger partial charge in [0.05, 0.1) is 24.4 Å². The van der Waals surface area contributed by atoms with E-state index in [9.17, 15) is 18.0 Å². The minimum absolute atomic E-state index is 0.0728. The van der Waals surface area contributed by atoms with Crippen molar-refractivity contribution < 1.29 is 22.7 Å². The molecule has 1 amide bonds. The quantitative estimate of drug-likeness (QED) is 0.561. The van der Waals surface area contributed by atoms with E-state index in [0.717, 1.165) is 30.0 Å². The van der Waals surface area contributed by atoms with E-state index < -0.39 is 11.6 Å². The van der Waals surface area contributed by atoms with Gasteiger partial charge in [0.1, 0.15) is 23.5 Å². The van der Waals surface area contributed by atoms with Crippen LogP contribution in [0.5, 0.6) is 0 Å². The molecule has 2 heterocycles. The number of rotatable bonds is 5. The molecule has 0 radical (unpaired) electrons. The second kappa shape index (κ2) is 8.60. The van der Waals surface area contributed by atoms with Gasteiger partial charge in [-0.1, -0.05) is 0 Å². The molecule has 3 aromatic rings. The first-order valence-corrected chi connectivity index (χ1v) is 10.8. The minimum Gasteiger partial charge on any atom is -0.378 e. The van der Waals surface area contributed by atoms with Crippen LogP contribution in [0.4, 0.5) is 13.2 Å². The predicted molar refractivity (Wildman–Crippen MR) is 115 cm³/mol. The number of carbonyl (C=O) groups excluding carboxylic acids is 1. The summed E-state index contributed by atoms with van der Waals surface area (Å²) in [6.45, 7) is 2.18. The third kappa shape index (κ3) is 4.00. The van der Waals surface area contributed by atoms with E-state index in [2.05, 4.69) is 15.6 Å². The normalized spacial score (nSPS) is 23.2. The van der Waals surface area contributed by atoms with Crippen LogP contribution in [-0.2, 0) is 9.53 Å². The van der Waals surface area contributed by atoms with Crippen molar-refractivity contribution in [1.82, 2.24) is 15.6 Å². The van der Waals surface area contributed by atoms with Crippen LogP contribution >= 0.6 is 0 Å². The maximum atomic E-state index is 14.5. The van der Waals surface area contributed by atoms with Gasteiger partial charge in [-0.3, -0.25) is 4.79 Å². The van der Waals surface area contributed by atoms with Gasteiger partial charge in [-0.15, -0.1) is 0 Å². The molecule has 0 bridgehead atoms. The number of aromatic amines is 1. The molecule has 1 atom stereocenters. The number of carbonyl (C=O) groups is 1. The van der Waals surface area contributed by atoms with Crippen LogP contribution in [0.15, 0.2) is 36.4 Å². The zero-order chi connectivity index (χ0) is 22.2. The van der Waals surface area contributed by atoms with E-state index in [1.165, 1.54) is 18.2 Å². The molecular weight excluding hydrogens is 419 g/mol. The molecular formula is C24H24F3N3O2. The number of H-pyrrole nitrogens is 1. The third-order valence-electron chi connectivity index (χ3n) is 6.44. The monoisotopic (exact) mass is 443 g/mol. The number of aromatic nitrogens is 1. The van der Waals surface area contributed by atoms with Crippen molar-refractivity contribution in [2.45, 2.75) is 24.8 Å². The summed E-state index contributed by atoms with van der Waals surface area (Å²) in [6, 6.07) is 7.85. The lowest BCUT2D eigenvalue weighted by Crippen LogP contribution is -2.52. The lowest BCUT2D eigenvalue weighted by atomic mass is 9.70. The third-order valence-corrected chi connectivity index (χ3v) is 6.44. The van der Waals surface area contributed by atoms with Gasteiger partial charge in [0.2, 0.25) is 5.91 Å². The van der Waals surface area contributed by atoms with Gasteiger partial charge >= 0.3 is 0 Å². The molecule has 2 aliphatic rings. The molecule has 32 heavy (non-hydrogen) atoms. The molecule has 8 heteroatoms. The number of hydrogen-bond acceptors (Lipinski definition) is 3. The second-order valence-corrected chi connectivity index (χ2v) is 8.59. The molecule has 1 aliphatic heterocycles. The average molecular weight is 443 g/mol. The molecule has 5 nitrogen and oxygen atoms in total. The molecule has 1 saturated carbocycles. The minimum atomic E-state index is -0.653. The van der Waals surface area contributed by atoms with Crippen molar-refractivity contribution in [3.8, 4) is 11.3 Å². The topological polar surface area (TPSA) is 66.2 Å². The summed E-state index contributed by atoms with van der Waals surface area (Å²) in [5.74, 6) is -1.36. The lowest BCUT2D eigenvalue weighted by molar-refractivity contribution is -0.126. The molecule has 1 aromatic heterocycles. The number of ether oxygens (including phenoxy) is 1. The Morgan fingerprint density at radius 3 is 2.59 bits per heavy atom. The van der Waals surface area contributed by atoms with Crippen molar-refractivity contribution in [2.75, 3.05) is 26.3 Å². The van der Waals surface area contributed by atoms with Crippen molar-refractivity contribution in [1.29, 1.82) is 0 Å². The Morgan fingerprint density at radius 2 is 1.88 bits per heavy atom. The fourth-order valence-electron chi connectivity index (χ4n) is 4.75. The Labute approximate surface area is 183 Å². The predicted octanol–water partition coefficient (Wildman–Crippen LogP) is 3.85. The van der Waals surface area contributed by atoms with Crippen LogP contribution in [0.1, 0.15) is 24.3 Å². The highest BCUT2D eigenvalue weighted by Gasteiger charge is 2.35.